The molecule has 0 aliphatic heterocycles. The highest BCUT2D eigenvalue weighted by atomic mass is 14.8. The predicted molar refractivity (Wildman–Crippen MR) is 347 cm³/mol. The molecule has 0 spiro atoms. The highest BCUT2D eigenvalue weighted by Gasteiger charge is 2.35. The van der Waals surface area contributed by atoms with Crippen molar-refractivity contribution in [3.05, 3.63) is 162 Å². The fourth-order valence-electron chi connectivity index (χ4n) is 14.6. The first-order chi connectivity index (χ1) is 37.8. The van der Waals surface area contributed by atoms with Crippen LogP contribution in [-0.2, 0) is 27.1 Å². The van der Waals surface area contributed by atoms with Gasteiger partial charge in [0.05, 0.1) is 22.8 Å². The van der Waals surface area contributed by atoms with Gasteiger partial charge in [0, 0.05) is 12.4 Å². The SMILES string of the molecule is CC(C)(C)c1cc2c3cc(-c4cc(-c5ccccn5)nc(-c5ccccn5)c4)cc4c5cc(C(C)(C)C)cc6c7cc(C(C)(C)C)cc8c9cc(C(C)(C)C)cc%10c%11cc(C(C)(C)C)cc%12c(c1)c2c1c(c34)c(c56)c(c78)c(c%109)c1c%12%11. The van der Waals surface area contributed by atoms with Crippen LogP contribution in [0.5, 0.6) is 0 Å². The molecule has 3 heteroatoms. The van der Waals surface area contributed by atoms with Crippen LogP contribution in [0.1, 0.15) is 132 Å². The van der Waals surface area contributed by atoms with Crippen LogP contribution >= 0.6 is 0 Å². The summed E-state index contributed by atoms with van der Waals surface area (Å²) < 4.78 is 0. The zero-order valence-corrected chi connectivity index (χ0v) is 49.0. The van der Waals surface area contributed by atoms with E-state index in [-0.39, 0.29) is 27.1 Å². The molecule has 0 aliphatic rings. The topological polar surface area (TPSA) is 38.7 Å². The van der Waals surface area contributed by atoms with E-state index in [4.69, 9.17) is 15.0 Å². The summed E-state index contributed by atoms with van der Waals surface area (Å²) in [6, 6.07) is 47.8. The van der Waals surface area contributed by atoms with Gasteiger partial charge in [-0.05, 0) is 304 Å². The quantitative estimate of drug-likeness (QED) is 0.131. The number of nitrogens with zero attached hydrogens (tertiary/aromatic N) is 3. The predicted octanol–water partition coefficient (Wildman–Crippen LogP) is 21.8. The Morgan fingerprint density at radius 1 is 0.225 bits per heavy atom. The van der Waals surface area contributed by atoms with Gasteiger partial charge in [0.25, 0.3) is 0 Å². The summed E-state index contributed by atoms with van der Waals surface area (Å²) in [4.78, 5) is 15.0. The second kappa shape index (κ2) is 15.1. The van der Waals surface area contributed by atoms with E-state index in [9.17, 15) is 0 Å². The van der Waals surface area contributed by atoms with Crippen molar-refractivity contribution in [1.29, 1.82) is 0 Å². The highest BCUT2D eigenvalue weighted by Crippen LogP contribution is 2.62. The molecule has 80 heavy (non-hydrogen) atoms. The summed E-state index contributed by atoms with van der Waals surface area (Å²) in [5.74, 6) is 0. The van der Waals surface area contributed by atoms with Crippen molar-refractivity contribution in [1.82, 2.24) is 15.0 Å². The molecule has 16 aromatic rings. The first-order valence-corrected chi connectivity index (χ1v) is 29.1. The van der Waals surface area contributed by atoms with E-state index in [1.165, 1.54) is 157 Å². The van der Waals surface area contributed by atoms with E-state index in [2.05, 4.69) is 213 Å². The maximum absolute atomic E-state index is 5.30. The van der Waals surface area contributed by atoms with Gasteiger partial charge >= 0.3 is 0 Å². The minimum absolute atomic E-state index is 0.0845. The zero-order chi connectivity index (χ0) is 55.4. The van der Waals surface area contributed by atoms with Gasteiger partial charge in [-0.1, -0.05) is 116 Å². The summed E-state index contributed by atoms with van der Waals surface area (Å²) in [7, 11) is 0. The molecule has 0 atom stereocenters. The minimum atomic E-state index is -0.133. The maximum Gasteiger partial charge on any atom is 0.0900 e. The fourth-order valence-corrected chi connectivity index (χ4v) is 14.6. The Morgan fingerprint density at radius 3 is 0.637 bits per heavy atom. The van der Waals surface area contributed by atoms with Gasteiger partial charge < -0.3 is 0 Å². The first-order valence-electron chi connectivity index (χ1n) is 29.1. The summed E-state index contributed by atoms with van der Waals surface area (Å²) in [6.07, 6.45) is 3.73. The Labute approximate surface area is 468 Å². The lowest BCUT2D eigenvalue weighted by Crippen LogP contribution is -2.14. The molecular formula is C77H67N3. The third kappa shape index (κ3) is 6.30. The highest BCUT2D eigenvalue weighted by molar-refractivity contribution is 6.61. The van der Waals surface area contributed by atoms with Crippen LogP contribution in [0.4, 0.5) is 0 Å². The third-order valence-corrected chi connectivity index (χ3v) is 18.9. The van der Waals surface area contributed by atoms with Gasteiger partial charge in [0.2, 0.25) is 0 Å². The summed E-state index contributed by atoms with van der Waals surface area (Å²) in [5, 5.41) is 33.1. The average Bonchev–Trinajstić information content (AvgIpc) is 1.44. The minimum Gasteiger partial charge on any atom is -0.255 e. The Morgan fingerprint density at radius 2 is 0.438 bits per heavy atom. The molecule has 0 saturated heterocycles. The lowest BCUT2D eigenvalue weighted by atomic mass is 9.70. The van der Waals surface area contributed by atoms with Crippen molar-refractivity contribution < 1.29 is 0 Å². The van der Waals surface area contributed by atoms with Crippen LogP contribution in [0.25, 0.3) is 163 Å². The standard InChI is InChI=1S/C77H67N3/c1-73(2,3)40-28-47-45-24-38(39-26-59(57-20-16-18-22-78-57)80-60(27-39)58-21-17-19-23-79-58)25-46-48-29-41(74(4,5)6)31-50-52-33-43(76(10,11)12)35-54-56-37-44(77(13,14)15)36-55-53-34-42(75(7,8)9)32-51-49(30-40)62(47)68-67(61(45)46)69(63(48)50)71(65(52)54)72(66(55)56)70(68)64(51)53/h16-37H,1-15H3. The Kier molecular flexibility index (Phi) is 9.02. The van der Waals surface area contributed by atoms with Crippen LogP contribution < -0.4 is 0 Å². The monoisotopic (exact) mass is 1030 g/mol. The summed E-state index contributed by atoms with van der Waals surface area (Å²) >= 11 is 0. The lowest BCUT2D eigenvalue weighted by molar-refractivity contribution is 0.591. The van der Waals surface area contributed by atoms with E-state index in [1.54, 1.807) is 0 Å². The number of pyridine rings is 3. The van der Waals surface area contributed by atoms with Gasteiger partial charge in [-0.2, -0.15) is 0 Å². The third-order valence-electron chi connectivity index (χ3n) is 18.9. The Bertz CT molecular complexity index is 4950. The fraction of sp³-hybridized carbons (Fsp3) is 0.260. The van der Waals surface area contributed by atoms with E-state index < -0.39 is 0 Å². The molecule has 0 bridgehead atoms. The molecule has 0 fully saturated rings. The molecule has 13 aromatic carbocycles. The van der Waals surface area contributed by atoms with Crippen LogP contribution in [-0.4, -0.2) is 15.0 Å². The molecule has 0 saturated carbocycles. The Balaban J connectivity index is 1.25. The van der Waals surface area contributed by atoms with E-state index in [0.29, 0.717) is 0 Å². The maximum atomic E-state index is 5.30. The van der Waals surface area contributed by atoms with E-state index >= 15 is 0 Å². The van der Waals surface area contributed by atoms with Crippen molar-refractivity contribution in [2.45, 2.75) is 131 Å². The van der Waals surface area contributed by atoms with Crippen LogP contribution in [0.15, 0.2) is 134 Å². The van der Waals surface area contributed by atoms with Crippen LogP contribution in [0, 0.1) is 0 Å². The Hall–Kier alpha value is -8.01. The van der Waals surface area contributed by atoms with Crippen molar-refractivity contribution in [2.75, 3.05) is 0 Å². The molecule has 3 nitrogen and oxygen atoms in total. The van der Waals surface area contributed by atoms with E-state index in [0.717, 1.165) is 33.9 Å². The molecule has 3 heterocycles. The molecule has 390 valence electrons. The molecule has 3 aromatic heterocycles. The molecule has 0 amide bonds. The largest absolute Gasteiger partial charge is 0.255 e. The van der Waals surface area contributed by atoms with Crippen molar-refractivity contribution >= 4 is 129 Å². The van der Waals surface area contributed by atoms with Gasteiger partial charge in [0.15, 0.2) is 0 Å². The smallest absolute Gasteiger partial charge is 0.0900 e. The number of hydrogen-bond donors (Lipinski definition) is 0. The van der Waals surface area contributed by atoms with Crippen molar-refractivity contribution in [3.63, 3.8) is 0 Å². The van der Waals surface area contributed by atoms with Crippen LogP contribution in [0.2, 0.25) is 0 Å². The molecule has 0 N–H and O–H groups in total. The molecular weight excluding hydrogens is 967 g/mol. The van der Waals surface area contributed by atoms with E-state index in [1.807, 2.05) is 24.5 Å². The zero-order valence-electron chi connectivity index (χ0n) is 49.0. The number of aromatic nitrogens is 3. The first kappa shape index (κ1) is 47.9. The van der Waals surface area contributed by atoms with Gasteiger partial charge in [0.1, 0.15) is 0 Å². The summed E-state index contributed by atoms with van der Waals surface area (Å²) in [6.45, 7) is 36.0. The van der Waals surface area contributed by atoms with Gasteiger partial charge in [-0.3, -0.25) is 9.97 Å². The van der Waals surface area contributed by atoms with Gasteiger partial charge in [-0.25, -0.2) is 4.98 Å². The summed E-state index contributed by atoms with van der Waals surface area (Å²) in [5.41, 5.74) is 11.8. The second-order valence-corrected chi connectivity index (χ2v) is 29.2. The van der Waals surface area contributed by atoms with Crippen molar-refractivity contribution in [2.24, 2.45) is 0 Å². The normalized spacial score (nSPS) is 13.9. The van der Waals surface area contributed by atoms with Crippen molar-refractivity contribution in [3.8, 4) is 33.9 Å². The van der Waals surface area contributed by atoms with Crippen LogP contribution in [0.3, 0.4) is 0 Å². The number of benzene rings is 13. The lowest BCUT2D eigenvalue weighted by Gasteiger charge is -2.33. The molecule has 0 radical (unpaired) electrons. The molecule has 0 unspecified atom stereocenters. The average molecular weight is 1030 g/mol. The number of hydrogen-bond acceptors (Lipinski definition) is 3. The molecule has 0 aliphatic carbocycles. The second-order valence-electron chi connectivity index (χ2n) is 29.2. The molecule has 16 rings (SSSR count). The number of fused-ring (bicyclic) bond motifs is 6. The van der Waals surface area contributed by atoms with Gasteiger partial charge in [-0.15, -0.1) is 0 Å². The number of rotatable bonds is 3.